The second kappa shape index (κ2) is 8.69. The van der Waals surface area contributed by atoms with E-state index in [4.69, 9.17) is 26.1 Å². The summed E-state index contributed by atoms with van der Waals surface area (Å²) in [5.74, 6) is 0.886. The highest BCUT2D eigenvalue weighted by atomic mass is 35.5. The van der Waals surface area contributed by atoms with Crippen LogP contribution in [0.5, 0.6) is 11.5 Å². The normalized spacial score (nSPS) is 17.3. The van der Waals surface area contributed by atoms with Crippen LogP contribution in [0, 0.1) is 6.92 Å². The molecule has 4 aromatic rings. The molecule has 0 bridgehead atoms. The largest absolute Gasteiger partial charge is 0.457 e. The number of halogens is 1. The van der Waals surface area contributed by atoms with E-state index in [9.17, 15) is 4.79 Å². The Balaban J connectivity index is 1.48. The van der Waals surface area contributed by atoms with Crippen LogP contribution in [0.2, 0.25) is 5.02 Å². The van der Waals surface area contributed by atoms with Gasteiger partial charge >= 0.3 is 0 Å². The molecule has 1 unspecified atom stereocenters. The number of anilines is 1. The van der Waals surface area contributed by atoms with E-state index in [0.29, 0.717) is 28.2 Å². The summed E-state index contributed by atoms with van der Waals surface area (Å²) in [7, 11) is 0. The van der Waals surface area contributed by atoms with Crippen molar-refractivity contribution in [2.24, 2.45) is 0 Å². The maximum absolute atomic E-state index is 14.4. The van der Waals surface area contributed by atoms with Gasteiger partial charge in [-0.25, -0.2) is 4.98 Å². The molecule has 1 saturated heterocycles. The number of rotatable bonds is 4. The summed E-state index contributed by atoms with van der Waals surface area (Å²) in [4.78, 5) is 21.1. The van der Waals surface area contributed by atoms with Crippen LogP contribution in [0.1, 0.15) is 35.4 Å². The quantitative estimate of drug-likeness (QED) is 0.319. The second-order valence-corrected chi connectivity index (χ2v) is 10.1. The van der Waals surface area contributed by atoms with E-state index >= 15 is 0 Å². The summed E-state index contributed by atoms with van der Waals surface area (Å²) >= 11 is 7.96. The Hall–Kier alpha value is -2.93. The molecule has 1 atom stereocenters. The maximum atomic E-state index is 14.4. The number of aryl methyl sites for hydroxylation is 1. The van der Waals surface area contributed by atoms with Crippen LogP contribution in [0.3, 0.4) is 0 Å². The van der Waals surface area contributed by atoms with Crippen LogP contribution in [-0.4, -0.2) is 30.1 Å². The molecule has 1 aromatic heterocycles. The first kappa shape index (κ1) is 21.6. The average Bonchev–Trinajstić information content (AvgIpc) is 3.54. The summed E-state index contributed by atoms with van der Waals surface area (Å²) in [6, 6.07) is 19.4. The molecule has 1 amide bonds. The van der Waals surface area contributed by atoms with Gasteiger partial charge in [0.1, 0.15) is 11.5 Å². The first-order chi connectivity index (χ1) is 16.6. The summed E-state index contributed by atoms with van der Waals surface area (Å²) in [5, 5.41) is 1.30. The predicted octanol–water partition coefficient (Wildman–Crippen LogP) is 6.71. The highest BCUT2D eigenvalue weighted by Crippen LogP contribution is 2.46. The van der Waals surface area contributed by atoms with Gasteiger partial charge in [0.2, 0.25) is 5.91 Å². The molecule has 3 heterocycles. The zero-order valence-corrected chi connectivity index (χ0v) is 20.2. The number of benzene rings is 3. The summed E-state index contributed by atoms with van der Waals surface area (Å²) in [6.45, 7) is 3.19. The predicted molar refractivity (Wildman–Crippen MR) is 135 cm³/mol. The lowest BCUT2D eigenvalue weighted by molar-refractivity contribution is -0.119. The molecule has 2 aliphatic heterocycles. The zero-order valence-electron chi connectivity index (χ0n) is 18.7. The number of amides is 1. The minimum absolute atomic E-state index is 0.0159. The van der Waals surface area contributed by atoms with Crippen LogP contribution >= 0.6 is 22.9 Å². The Morgan fingerprint density at radius 1 is 1.09 bits per heavy atom. The lowest BCUT2D eigenvalue weighted by atomic mass is 9.87. The van der Waals surface area contributed by atoms with Crippen molar-refractivity contribution in [2.45, 2.75) is 31.8 Å². The Kier molecular flexibility index (Phi) is 5.52. The van der Waals surface area contributed by atoms with Crippen molar-refractivity contribution >= 4 is 44.2 Å². The van der Waals surface area contributed by atoms with Gasteiger partial charge in [-0.1, -0.05) is 65.4 Å². The molecule has 7 heteroatoms. The molecule has 0 saturated carbocycles. The van der Waals surface area contributed by atoms with Crippen molar-refractivity contribution in [3.05, 3.63) is 82.4 Å². The van der Waals surface area contributed by atoms with Gasteiger partial charge in [0.25, 0.3) is 0 Å². The fourth-order valence-corrected chi connectivity index (χ4v) is 6.12. The van der Waals surface area contributed by atoms with Crippen molar-refractivity contribution in [1.82, 2.24) is 4.98 Å². The molecule has 1 fully saturated rings. The fourth-order valence-electron chi connectivity index (χ4n) is 4.79. The molecular weight excluding hydrogens is 468 g/mol. The van der Waals surface area contributed by atoms with Crippen molar-refractivity contribution in [3.63, 3.8) is 0 Å². The number of hydrogen-bond acceptors (Lipinski definition) is 5. The van der Waals surface area contributed by atoms with Crippen LogP contribution < -0.4 is 9.64 Å². The molecule has 172 valence electrons. The van der Waals surface area contributed by atoms with Crippen molar-refractivity contribution in [2.75, 3.05) is 18.1 Å². The Labute approximate surface area is 206 Å². The third-order valence-electron chi connectivity index (χ3n) is 6.52. The second-order valence-electron chi connectivity index (χ2n) is 8.73. The number of para-hydroxylation sites is 2. The van der Waals surface area contributed by atoms with Gasteiger partial charge in [-0.2, -0.15) is 0 Å². The lowest BCUT2D eigenvalue weighted by Crippen LogP contribution is -2.41. The monoisotopic (exact) mass is 490 g/mol. The van der Waals surface area contributed by atoms with Crippen LogP contribution in [0.15, 0.2) is 60.7 Å². The Morgan fingerprint density at radius 2 is 1.79 bits per heavy atom. The number of aromatic nitrogens is 1. The van der Waals surface area contributed by atoms with Gasteiger partial charge < -0.3 is 9.47 Å². The van der Waals surface area contributed by atoms with Gasteiger partial charge in [0, 0.05) is 17.7 Å². The number of hydrogen-bond donors (Lipinski definition) is 0. The smallest absolute Gasteiger partial charge is 0.241 e. The van der Waals surface area contributed by atoms with Gasteiger partial charge in [0.15, 0.2) is 5.13 Å². The molecular formula is C27H23ClN2O3S. The molecule has 2 aliphatic rings. The number of carbonyl (C=O) groups excluding carboxylic acids is 1. The molecule has 34 heavy (non-hydrogen) atoms. The fraction of sp³-hybridized carbons (Fsp3) is 0.259. The number of thiazole rings is 1. The lowest BCUT2D eigenvalue weighted by Gasteiger charge is -2.32. The summed E-state index contributed by atoms with van der Waals surface area (Å²) < 4.78 is 13.0. The van der Waals surface area contributed by atoms with Crippen LogP contribution in [0.25, 0.3) is 10.2 Å². The van der Waals surface area contributed by atoms with Gasteiger partial charge in [0.05, 0.1) is 33.8 Å². The Morgan fingerprint density at radius 3 is 2.44 bits per heavy atom. The SMILES string of the molecule is Cc1ccc(Cl)c2sc(N(CC3CCCO3)C(=O)C3c4ccccc4Oc4ccccc43)nc12. The Bertz CT molecular complexity index is 1310. The van der Waals surface area contributed by atoms with Gasteiger partial charge in [-0.05, 0) is 43.5 Å². The number of nitrogens with zero attached hydrogens (tertiary/aromatic N) is 2. The molecule has 3 aromatic carbocycles. The minimum Gasteiger partial charge on any atom is -0.457 e. The molecule has 0 spiro atoms. The first-order valence-corrected chi connectivity index (χ1v) is 12.6. The topological polar surface area (TPSA) is 51.7 Å². The molecule has 0 N–H and O–H groups in total. The maximum Gasteiger partial charge on any atom is 0.241 e. The first-order valence-electron chi connectivity index (χ1n) is 11.4. The van der Waals surface area contributed by atoms with Gasteiger partial charge in [-0.3, -0.25) is 9.69 Å². The van der Waals surface area contributed by atoms with Crippen LogP contribution in [-0.2, 0) is 9.53 Å². The minimum atomic E-state index is -0.494. The molecule has 6 rings (SSSR count). The zero-order chi connectivity index (χ0) is 23.2. The summed E-state index contributed by atoms with van der Waals surface area (Å²) in [5.41, 5.74) is 3.59. The highest BCUT2D eigenvalue weighted by molar-refractivity contribution is 7.23. The van der Waals surface area contributed by atoms with Gasteiger partial charge in [-0.15, -0.1) is 0 Å². The van der Waals surface area contributed by atoms with E-state index in [0.717, 1.165) is 46.4 Å². The standard InChI is InChI=1S/C27H23ClN2O3S/c1-16-12-13-20(28)25-24(16)29-27(34-25)30(15-17-7-6-14-32-17)26(31)23-18-8-2-4-10-21(18)33-22-11-5-3-9-19(22)23/h2-5,8-13,17,23H,6-7,14-15H2,1H3. The molecule has 0 aliphatic carbocycles. The van der Waals surface area contributed by atoms with E-state index in [1.807, 2.05) is 67.6 Å². The molecule has 5 nitrogen and oxygen atoms in total. The third-order valence-corrected chi connectivity index (χ3v) is 8.06. The van der Waals surface area contributed by atoms with E-state index in [1.165, 1.54) is 11.3 Å². The van der Waals surface area contributed by atoms with E-state index in [-0.39, 0.29) is 12.0 Å². The average molecular weight is 491 g/mol. The number of fused-ring (bicyclic) bond motifs is 3. The van der Waals surface area contributed by atoms with E-state index in [2.05, 4.69) is 0 Å². The van der Waals surface area contributed by atoms with Crippen molar-refractivity contribution < 1.29 is 14.3 Å². The van der Waals surface area contributed by atoms with Crippen LogP contribution in [0.4, 0.5) is 5.13 Å². The van der Waals surface area contributed by atoms with E-state index < -0.39 is 5.92 Å². The van der Waals surface area contributed by atoms with E-state index in [1.54, 1.807) is 4.90 Å². The third kappa shape index (κ3) is 3.66. The van der Waals surface area contributed by atoms with Crippen molar-refractivity contribution in [1.29, 1.82) is 0 Å². The summed E-state index contributed by atoms with van der Waals surface area (Å²) in [6.07, 6.45) is 1.91. The number of ether oxygens (including phenoxy) is 2. The highest BCUT2D eigenvalue weighted by Gasteiger charge is 2.38. The van der Waals surface area contributed by atoms with Crippen molar-refractivity contribution in [3.8, 4) is 11.5 Å². The molecule has 0 radical (unpaired) electrons. The number of carbonyl (C=O) groups is 1.